The largest absolute Gasteiger partial charge is 0.399 e. The number of nitrogens with zero attached hydrogens (tertiary/aromatic N) is 1. The topological polar surface area (TPSA) is 46.3 Å². The number of likely N-dealkylation sites (N-methyl/N-ethyl adjacent to an activating group) is 1. The van der Waals surface area contributed by atoms with Gasteiger partial charge >= 0.3 is 0 Å². The highest BCUT2D eigenvalue weighted by atomic mass is 16.2. The number of anilines is 1. The van der Waals surface area contributed by atoms with Crippen molar-refractivity contribution in [1.29, 1.82) is 0 Å². The lowest BCUT2D eigenvalue weighted by Gasteiger charge is -2.26. The molecule has 0 radical (unpaired) electrons. The summed E-state index contributed by atoms with van der Waals surface area (Å²) in [5.74, 6) is 0.110. The molecule has 0 fully saturated rings. The Balaban J connectivity index is 2.10. The predicted octanol–water partition coefficient (Wildman–Crippen LogP) is 3.34. The van der Waals surface area contributed by atoms with Crippen LogP contribution in [-0.2, 0) is 11.2 Å². The van der Waals surface area contributed by atoms with Gasteiger partial charge in [0, 0.05) is 12.7 Å². The number of benzene rings is 2. The quantitative estimate of drug-likeness (QED) is 0.874. The number of nitrogens with two attached hydrogens (primary N) is 1. The van der Waals surface area contributed by atoms with E-state index in [0.717, 1.165) is 22.4 Å². The van der Waals surface area contributed by atoms with Gasteiger partial charge in [0.25, 0.3) is 0 Å². The molecular weight excluding hydrogens is 260 g/mol. The molecule has 2 aromatic rings. The molecule has 0 aliphatic heterocycles. The summed E-state index contributed by atoms with van der Waals surface area (Å²) in [6.07, 6.45) is 0.426. The zero-order valence-corrected chi connectivity index (χ0v) is 12.8. The van der Waals surface area contributed by atoms with Gasteiger partial charge in [0.15, 0.2) is 0 Å². The fourth-order valence-electron chi connectivity index (χ4n) is 2.35. The number of carbonyl (C=O) groups is 1. The first-order valence-electron chi connectivity index (χ1n) is 7.14. The third-order valence-electron chi connectivity index (χ3n) is 3.97. The van der Waals surface area contributed by atoms with Crippen LogP contribution in [0.5, 0.6) is 0 Å². The smallest absolute Gasteiger partial charge is 0.227 e. The van der Waals surface area contributed by atoms with Gasteiger partial charge in [-0.25, -0.2) is 0 Å². The van der Waals surface area contributed by atoms with E-state index in [1.807, 2.05) is 69.4 Å². The number of carbonyl (C=O) groups excluding carboxylic acids is 1. The Morgan fingerprint density at radius 2 is 1.90 bits per heavy atom. The lowest BCUT2D eigenvalue weighted by Crippen LogP contribution is -2.31. The van der Waals surface area contributed by atoms with E-state index in [4.69, 9.17) is 5.73 Å². The molecule has 3 heteroatoms. The van der Waals surface area contributed by atoms with Crippen LogP contribution < -0.4 is 5.73 Å². The molecule has 1 amide bonds. The van der Waals surface area contributed by atoms with Gasteiger partial charge in [-0.2, -0.15) is 0 Å². The molecule has 2 aromatic carbocycles. The molecule has 0 saturated carbocycles. The van der Waals surface area contributed by atoms with Crippen molar-refractivity contribution in [1.82, 2.24) is 4.90 Å². The molecule has 2 rings (SSSR count). The minimum absolute atomic E-state index is 0.00465. The van der Waals surface area contributed by atoms with Crippen LogP contribution >= 0.6 is 0 Å². The van der Waals surface area contributed by atoms with Crippen LogP contribution in [0.4, 0.5) is 5.69 Å². The summed E-state index contributed by atoms with van der Waals surface area (Å²) in [7, 11) is 1.84. The minimum atomic E-state index is 0.00465. The molecular formula is C18H22N2O. The van der Waals surface area contributed by atoms with Crippen LogP contribution in [0.2, 0.25) is 0 Å². The summed E-state index contributed by atoms with van der Waals surface area (Å²) in [5.41, 5.74) is 9.81. The average molecular weight is 282 g/mol. The van der Waals surface area contributed by atoms with Gasteiger partial charge in [0.05, 0.1) is 12.5 Å². The highest BCUT2D eigenvalue weighted by Gasteiger charge is 2.18. The van der Waals surface area contributed by atoms with Gasteiger partial charge in [-0.15, -0.1) is 0 Å². The zero-order chi connectivity index (χ0) is 15.4. The lowest BCUT2D eigenvalue weighted by molar-refractivity contribution is -0.131. The third kappa shape index (κ3) is 3.63. The number of aryl methyl sites for hydroxylation is 1. The van der Waals surface area contributed by atoms with Gasteiger partial charge in [0.2, 0.25) is 5.91 Å². The SMILES string of the molecule is Cc1ccccc1CC(=O)N(C)C(C)c1cccc(N)c1. The molecule has 0 saturated heterocycles. The summed E-state index contributed by atoms with van der Waals surface area (Å²) >= 11 is 0. The Kier molecular flexibility index (Phi) is 4.63. The number of nitrogen functional groups attached to an aromatic ring is 1. The van der Waals surface area contributed by atoms with Crippen molar-refractivity contribution in [3.63, 3.8) is 0 Å². The molecule has 0 spiro atoms. The van der Waals surface area contributed by atoms with E-state index in [9.17, 15) is 4.79 Å². The third-order valence-corrected chi connectivity index (χ3v) is 3.97. The van der Waals surface area contributed by atoms with Gasteiger partial charge in [0.1, 0.15) is 0 Å². The Bertz CT molecular complexity index is 637. The number of hydrogen-bond donors (Lipinski definition) is 1. The Morgan fingerprint density at radius 1 is 1.19 bits per heavy atom. The molecule has 21 heavy (non-hydrogen) atoms. The standard InChI is InChI=1S/C18H22N2O/c1-13-7-4-5-8-15(13)12-18(21)20(3)14(2)16-9-6-10-17(19)11-16/h4-11,14H,12,19H2,1-3H3. The first-order chi connectivity index (χ1) is 9.99. The summed E-state index contributed by atoms with van der Waals surface area (Å²) in [6, 6.07) is 15.7. The molecule has 1 atom stereocenters. The van der Waals surface area contributed by atoms with E-state index in [2.05, 4.69) is 0 Å². The number of rotatable bonds is 4. The number of hydrogen-bond acceptors (Lipinski definition) is 2. The second kappa shape index (κ2) is 6.44. The molecule has 0 heterocycles. The fourth-order valence-corrected chi connectivity index (χ4v) is 2.35. The Morgan fingerprint density at radius 3 is 2.57 bits per heavy atom. The highest BCUT2D eigenvalue weighted by Crippen LogP contribution is 2.21. The van der Waals surface area contributed by atoms with Crippen molar-refractivity contribution < 1.29 is 4.79 Å². The lowest BCUT2D eigenvalue weighted by atomic mass is 10.0. The molecule has 110 valence electrons. The fraction of sp³-hybridized carbons (Fsp3) is 0.278. The first-order valence-corrected chi connectivity index (χ1v) is 7.14. The Labute approximate surface area is 126 Å². The maximum atomic E-state index is 12.5. The maximum Gasteiger partial charge on any atom is 0.227 e. The predicted molar refractivity (Wildman–Crippen MR) is 86.9 cm³/mol. The first kappa shape index (κ1) is 15.1. The maximum absolute atomic E-state index is 12.5. The van der Waals surface area contributed by atoms with Crippen LogP contribution in [0, 0.1) is 6.92 Å². The van der Waals surface area contributed by atoms with Crippen molar-refractivity contribution >= 4 is 11.6 Å². The van der Waals surface area contributed by atoms with Crippen molar-refractivity contribution in [2.45, 2.75) is 26.3 Å². The van der Waals surface area contributed by atoms with E-state index in [0.29, 0.717) is 6.42 Å². The molecule has 0 aliphatic rings. The van der Waals surface area contributed by atoms with Gasteiger partial charge < -0.3 is 10.6 Å². The summed E-state index contributed by atoms with van der Waals surface area (Å²) in [4.78, 5) is 14.2. The second-order valence-electron chi connectivity index (χ2n) is 5.45. The van der Waals surface area contributed by atoms with E-state index in [1.165, 1.54) is 0 Å². The van der Waals surface area contributed by atoms with E-state index < -0.39 is 0 Å². The van der Waals surface area contributed by atoms with Crippen molar-refractivity contribution in [3.8, 4) is 0 Å². The van der Waals surface area contributed by atoms with Crippen LogP contribution in [-0.4, -0.2) is 17.9 Å². The van der Waals surface area contributed by atoms with Crippen molar-refractivity contribution in [2.75, 3.05) is 12.8 Å². The second-order valence-corrected chi connectivity index (χ2v) is 5.45. The van der Waals surface area contributed by atoms with E-state index in [1.54, 1.807) is 4.90 Å². The summed E-state index contributed by atoms with van der Waals surface area (Å²) in [6.45, 7) is 4.05. The molecule has 3 nitrogen and oxygen atoms in total. The van der Waals surface area contributed by atoms with E-state index in [-0.39, 0.29) is 11.9 Å². The monoisotopic (exact) mass is 282 g/mol. The summed E-state index contributed by atoms with van der Waals surface area (Å²) in [5, 5.41) is 0. The van der Waals surface area contributed by atoms with Gasteiger partial charge in [-0.05, 0) is 42.7 Å². The average Bonchev–Trinajstić information content (AvgIpc) is 2.48. The molecule has 0 aromatic heterocycles. The van der Waals surface area contributed by atoms with Crippen molar-refractivity contribution in [3.05, 3.63) is 65.2 Å². The number of amides is 1. The van der Waals surface area contributed by atoms with Gasteiger partial charge in [-0.3, -0.25) is 4.79 Å². The summed E-state index contributed by atoms with van der Waals surface area (Å²) < 4.78 is 0. The molecule has 1 unspecified atom stereocenters. The van der Waals surface area contributed by atoms with Crippen LogP contribution in [0.25, 0.3) is 0 Å². The van der Waals surface area contributed by atoms with E-state index >= 15 is 0 Å². The molecule has 0 aliphatic carbocycles. The van der Waals surface area contributed by atoms with Gasteiger partial charge in [-0.1, -0.05) is 36.4 Å². The minimum Gasteiger partial charge on any atom is -0.399 e. The Hall–Kier alpha value is -2.29. The molecule has 2 N–H and O–H groups in total. The van der Waals surface area contributed by atoms with Crippen LogP contribution in [0.15, 0.2) is 48.5 Å². The normalized spacial score (nSPS) is 12.0. The van der Waals surface area contributed by atoms with Crippen molar-refractivity contribution in [2.24, 2.45) is 0 Å². The van der Waals surface area contributed by atoms with Crippen LogP contribution in [0.3, 0.4) is 0 Å². The highest BCUT2D eigenvalue weighted by molar-refractivity contribution is 5.79. The zero-order valence-electron chi connectivity index (χ0n) is 12.8. The molecule has 0 bridgehead atoms. The van der Waals surface area contributed by atoms with Crippen LogP contribution in [0.1, 0.15) is 29.7 Å².